The van der Waals surface area contributed by atoms with Gasteiger partial charge < -0.3 is 20.7 Å². The molecule has 0 radical (unpaired) electrons. The lowest BCUT2D eigenvalue weighted by atomic mass is 9.89. The highest BCUT2D eigenvalue weighted by Crippen LogP contribution is 2.33. The molecular weight excluding hydrogens is 388 g/mol. The van der Waals surface area contributed by atoms with Gasteiger partial charge in [0.15, 0.2) is 5.96 Å². The Morgan fingerprint density at radius 2 is 2.03 bits per heavy atom. The minimum Gasteiger partial charge on any atom is -0.373 e. The average Bonchev–Trinajstić information content (AvgIpc) is 2.80. The predicted molar refractivity (Wildman–Crippen MR) is 125 cm³/mol. The van der Waals surface area contributed by atoms with Crippen LogP contribution < -0.4 is 16.0 Å². The van der Waals surface area contributed by atoms with Gasteiger partial charge in [0.2, 0.25) is 5.91 Å². The number of anilines is 1. The molecule has 0 spiro atoms. The molecule has 1 aliphatic rings. The number of benzene rings is 2. The summed E-state index contributed by atoms with van der Waals surface area (Å²) < 4.78 is 6.09. The second-order valence-electron chi connectivity index (χ2n) is 7.68. The first-order chi connectivity index (χ1) is 15.1. The second-order valence-corrected chi connectivity index (χ2v) is 7.68. The molecule has 1 aliphatic heterocycles. The summed E-state index contributed by atoms with van der Waals surface area (Å²) in [4.78, 5) is 16.5. The third-order valence-corrected chi connectivity index (χ3v) is 5.34. The molecule has 0 aromatic heterocycles. The number of hydrogen-bond donors (Lipinski definition) is 3. The smallest absolute Gasteiger partial charge is 0.243 e. The normalized spacial score (nSPS) is 18.7. The van der Waals surface area contributed by atoms with Crippen molar-refractivity contribution in [3.63, 3.8) is 0 Å². The molecule has 162 valence electrons. The second kappa shape index (κ2) is 11.2. The summed E-state index contributed by atoms with van der Waals surface area (Å²) in [5.41, 5.74) is 3.84. The van der Waals surface area contributed by atoms with Crippen molar-refractivity contribution in [2.24, 2.45) is 10.9 Å². The number of guanidine groups is 1. The lowest BCUT2D eigenvalue weighted by molar-refractivity contribution is -0.115. The zero-order valence-electron chi connectivity index (χ0n) is 18.2. The van der Waals surface area contributed by atoms with E-state index in [0.29, 0.717) is 24.1 Å². The average molecular weight is 419 g/mol. The van der Waals surface area contributed by atoms with Crippen LogP contribution >= 0.6 is 0 Å². The van der Waals surface area contributed by atoms with Gasteiger partial charge in [-0.1, -0.05) is 41.8 Å². The summed E-state index contributed by atoms with van der Waals surface area (Å²) in [5.74, 6) is 3.30. The van der Waals surface area contributed by atoms with Gasteiger partial charge in [-0.15, -0.1) is 6.42 Å². The van der Waals surface area contributed by atoms with Gasteiger partial charge in [0.05, 0.1) is 12.6 Å². The number of hydrogen-bond acceptors (Lipinski definition) is 3. The largest absolute Gasteiger partial charge is 0.373 e. The van der Waals surface area contributed by atoms with E-state index < -0.39 is 0 Å². The molecule has 6 nitrogen and oxygen atoms in total. The molecule has 1 saturated heterocycles. The van der Waals surface area contributed by atoms with Crippen LogP contribution in [0.4, 0.5) is 5.69 Å². The summed E-state index contributed by atoms with van der Waals surface area (Å²) in [6, 6.07) is 15.7. The van der Waals surface area contributed by atoms with E-state index in [1.165, 1.54) is 11.1 Å². The molecule has 0 bridgehead atoms. The number of ether oxygens (including phenoxy) is 1. The van der Waals surface area contributed by atoms with E-state index in [1.807, 2.05) is 12.1 Å². The van der Waals surface area contributed by atoms with E-state index in [2.05, 4.69) is 58.1 Å². The van der Waals surface area contributed by atoms with Crippen molar-refractivity contribution in [1.29, 1.82) is 0 Å². The van der Waals surface area contributed by atoms with Crippen molar-refractivity contribution in [2.45, 2.75) is 25.9 Å². The zero-order valence-corrected chi connectivity index (χ0v) is 18.2. The van der Waals surface area contributed by atoms with Crippen molar-refractivity contribution < 1.29 is 9.53 Å². The molecule has 1 fully saturated rings. The van der Waals surface area contributed by atoms with Crippen molar-refractivity contribution in [2.75, 3.05) is 32.1 Å². The Balaban J connectivity index is 1.50. The maximum atomic E-state index is 12.3. The first-order valence-corrected chi connectivity index (χ1v) is 10.6. The van der Waals surface area contributed by atoms with Gasteiger partial charge in [-0.3, -0.25) is 9.79 Å². The van der Waals surface area contributed by atoms with Gasteiger partial charge in [-0.25, -0.2) is 0 Å². The SMILES string of the molecule is C#Cc1cccc(NC(=O)CNC(=NC)NCC2CCCOC2c2ccc(C)cc2)c1. The molecule has 6 heteroatoms. The maximum Gasteiger partial charge on any atom is 0.243 e. The summed E-state index contributed by atoms with van der Waals surface area (Å²) in [6.07, 6.45) is 7.59. The highest BCUT2D eigenvalue weighted by molar-refractivity contribution is 5.95. The zero-order chi connectivity index (χ0) is 22.1. The van der Waals surface area contributed by atoms with E-state index in [4.69, 9.17) is 11.2 Å². The number of amides is 1. The van der Waals surface area contributed by atoms with Crippen LogP contribution in [-0.4, -0.2) is 38.6 Å². The molecule has 2 aromatic rings. The Bertz CT molecular complexity index is 947. The molecule has 2 atom stereocenters. The van der Waals surface area contributed by atoms with Crippen LogP contribution in [-0.2, 0) is 9.53 Å². The molecule has 2 aromatic carbocycles. The lowest BCUT2D eigenvalue weighted by Gasteiger charge is -2.32. The van der Waals surface area contributed by atoms with Crippen LogP contribution in [0.5, 0.6) is 0 Å². The fraction of sp³-hybridized carbons (Fsp3) is 0.360. The van der Waals surface area contributed by atoms with Gasteiger partial charge in [0.25, 0.3) is 0 Å². The van der Waals surface area contributed by atoms with E-state index in [1.54, 1.807) is 19.2 Å². The quantitative estimate of drug-likeness (QED) is 0.382. The number of rotatable bonds is 6. The van der Waals surface area contributed by atoms with Gasteiger partial charge in [-0.05, 0) is 43.5 Å². The van der Waals surface area contributed by atoms with Crippen molar-refractivity contribution in [3.8, 4) is 12.3 Å². The molecule has 0 aliphatic carbocycles. The van der Waals surface area contributed by atoms with E-state index >= 15 is 0 Å². The number of aliphatic imine (C=N–C) groups is 1. The van der Waals surface area contributed by atoms with Crippen LogP contribution in [0.3, 0.4) is 0 Å². The standard InChI is InChI=1S/C25H30N4O2/c1-4-19-7-5-9-22(15-19)29-23(30)17-28-25(26-3)27-16-21-8-6-14-31-24(21)20-12-10-18(2)11-13-20/h1,5,7,9-13,15,21,24H,6,8,14,16-17H2,2-3H3,(H,29,30)(H2,26,27,28). The summed E-state index contributed by atoms with van der Waals surface area (Å²) in [5, 5.41) is 9.24. The van der Waals surface area contributed by atoms with Gasteiger partial charge in [0.1, 0.15) is 0 Å². The lowest BCUT2D eigenvalue weighted by Crippen LogP contribution is -2.44. The Kier molecular flexibility index (Phi) is 8.08. The molecule has 1 heterocycles. The number of terminal acetylenes is 1. The molecule has 3 N–H and O–H groups in total. The molecule has 0 saturated carbocycles. The van der Waals surface area contributed by atoms with Crippen LogP contribution in [0.2, 0.25) is 0 Å². The molecular formula is C25H30N4O2. The molecule has 1 amide bonds. The van der Waals surface area contributed by atoms with Crippen molar-refractivity contribution in [1.82, 2.24) is 10.6 Å². The fourth-order valence-corrected chi connectivity index (χ4v) is 3.68. The van der Waals surface area contributed by atoms with Crippen LogP contribution in [0.15, 0.2) is 53.5 Å². The monoisotopic (exact) mass is 418 g/mol. The molecule has 31 heavy (non-hydrogen) atoms. The Hall–Kier alpha value is -3.30. The van der Waals surface area contributed by atoms with Crippen LogP contribution in [0.1, 0.15) is 35.6 Å². The van der Waals surface area contributed by atoms with E-state index in [-0.39, 0.29) is 18.6 Å². The van der Waals surface area contributed by atoms with Crippen LogP contribution in [0, 0.1) is 25.2 Å². The van der Waals surface area contributed by atoms with E-state index in [0.717, 1.165) is 25.0 Å². The Labute approximate surface area is 184 Å². The highest BCUT2D eigenvalue weighted by atomic mass is 16.5. The number of carbonyl (C=O) groups is 1. The minimum atomic E-state index is -0.171. The number of nitrogens with zero attached hydrogens (tertiary/aromatic N) is 1. The first-order valence-electron chi connectivity index (χ1n) is 10.6. The van der Waals surface area contributed by atoms with Crippen LogP contribution in [0.25, 0.3) is 0 Å². The maximum absolute atomic E-state index is 12.3. The van der Waals surface area contributed by atoms with Gasteiger partial charge >= 0.3 is 0 Å². The topological polar surface area (TPSA) is 74.8 Å². The minimum absolute atomic E-state index is 0.0617. The summed E-state index contributed by atoms with van der Waals surface area (Å²) >= 11 is 0. The van der Waals surface area contributed by atoms with E-state index in [9.17, 15) is 4.79 Å². The summed E-state index contributed by atoms with van der Waals surface area (Å²) in [7, 11) is 1.69. The van der Waals surface area contributed by atoms with Crippen molar-refractivity contribution in [3.05, 3.63) is 65.2 Å². The Morgan fingerprint density at radius 1 is 1.23 bits per heavy atom. The first kappa shape index (κ1) is 22.4. The third kappa shape index (κ3) is 6.59. The predicted octanol–water partition coefficient (Wildman–Crippen LogP) is 3.25. The Morgan fingerprint density at radius 3 is 2.77 bits per heavy atom. The number of aryl methyl sites for hydroxylation is 1. The third-order valence-electron chi connectivity index (χ3n) is 5.34. The number of carbonyl (C=O) groups excluding carboxylic acids is 1. The summed E-state index contributed by atoms with van der Waals surface area (Å²) in [6.45, 7) is 3.68. The number of nitrogens with one attached hydrogen (secondary N) is 3. The van der Waals surface area contributed by atoms with Gasteiger partial charge in [0, 0.05) is 37.4 Å². The molecule has 2 unspecified atom stereocenters. The highest BCUT2D eigenvalue weighted by Gasteiger charge is 2.27. The van der Waals surface area contributed by atoms with Crippen molar-refractivity contribution >= 4 is 17.6 Å². The van der Waals surface area contributed by atoms with Gasteiger partial charge in [-0.2, -0.15) is 0 Å². The molecule has 3 rings (SSSR count). The fourth-order valence-electron chi connectivity index (χ4n) is 3.68.